The summed E-state index contributed by atoms with van der Waals surface area (Å²) in [5, 5.41) is 0. The van der Waals surface area contributed by atoms with Gasteiger partial charge in [-0.2, -0.15) is 0 Å². The monoisotopic (exact) mass is 219 g/mol. The number of rotatable bonds is 2. The molecule has 1 aliphatic heterocycles. The van der Waals surface area contributed by atoms with Gasteiger partial charge >= 0.3 is 5.97 Å². The van der Waals surface area contributed by atoms with Crippen molar-refractivity contribution < 1.29 is 14.3 Å². The molecule has 0 N–H and O–H groups in total. The molecule has 2 rings (SSSR count). The summed E-state index contributed by atoms with van der Waals surface area (Å²) in [6, 6.07) is 7.36. The number of hydrogen-bond acceptors (Lipinski definition) is 4. The van der Waals surface area contributed by atoms with Gasteiger partial charge in [0.2, 0.25) is 6.10 Å². The lowest BCUT2D eigenvalue weighted by Crippen LogP contribution is -2.37. The summed E-state index contributed by atoms with van der Waals surface area (Å²) in [5.74, 6) is 0.226. The highest BCUT2D eigenvalue weighted by Gasteiger charge is 2.29. The number of benzene rings is 1. The van der Waals surface area contributed by atoms with Crippen molar-refractivity contribution in [1.82, 2.24) is 0 Å². The lowest BCUT2D eigenvalue weighted by molar-refractivity contribution is -0.148. The van der Waals surface area contributed by atoms with Crippen molar-refractivity contribution >= 4 is 17.4 Å². The largest absolute Gasteiger partial charge is 0.470 e. The molecule has 1 aromatic rings. The Balaban J connectivity index is 2.26. The van der Waals surface area contributed by atoms with Crippen LogP contribution in [0.25, 0.3) is 0 Å². The Morgan fingerprint density at radius 2 is 2.25 bits per heavy atom. The van der Waals surface area contributed by atoms with Crippen molar-refractivity contribution in [2.45, 2.75) is 20.0 Å². The van der Waals surface area contributed by atoms with Crippen LogP contribution in [0, 0.1) is 0 Å². The number of nitrogens with zero attached hydrogens (tertiary/aromatic N) is 1. The van der Waals surface area contributed by atoms with E-state index < -0.39 is 12.1 Å². The third-order valence-corrected chi connectivity index (χ3v) is 2.29. The Morgan fingerprint density at radius 3 is 3.00 bits per heavy atom. The van der Waals surface area contributed by atoms with E-state index in [1.807, 2.05) is 18.2 Å². The van der Waals surface area contributed by atoms with Crippen LogP contribution >= 0.6 is 0 Å². The molecule has 4 nitrogen and oxygen atoms in total. The van der Waals surface area contributed by atoms with Gasteiger partial charge in [-0.25, -0.2) is 9.79 Å². The summed E-state index contributed by atoms with van der Waals surface area (Å²) in [7, 11) is 0. The van der Waals surface area contributed by atoms with E-state index in [-0.39, 0.29) is 0 Å². The first-order valence-corrected chi connectivity index (χ1v) is 5.20. The predicted molar refractivity (Wildman–Crippen MR) is 60.3 cm³/mol. The average molecular weight is 219 g/mol. The van der Waals surface area contributed by atoms with Crippen molar-refractivity contribution in [1.29, 1.82) is 0 Å². The summed E-state index contributed by atoms with van der Waals surface area (Å²) in [5.41, 5.74) is 1.37. The van der Waals surface area contributed by atoms with Gasteiger partial charge in [0.25, 0.3) is 0 Å². The zero-order valence-corrected chi connectivity index (χ0v) is 9.27. The maximum absolute atomic E-state index is 11.6. The highest BCUT2D eigenvalue weighted by Crippen LogP contribution is 2.32. The van der Waals surface area contributed by atoms with Crippen molar-refractivity contribution in [3.63, 3.8) is 0 Å². The third kappa shape index (κ3) is 1.91. The molecule has 0 amide bonds. The molecule has 0 fully saturated rings. The molecule has 1 atom stereocenters. The van der Waals surface area contributed by atoms with E-state index in [0.29, 0.717) is 18.1 Å². The fourth-order valence-electron chi connectivity index (χ4n) is 1.55. The zero-order chi connectivity index (χ0) is 11.5. The van der Waals surface area contributed by atoms with Crippen LogP contribution in [0.15, 0.2) is 29.3 Å². The first-order chi connectivity index (χ1) is 7.72. The Labute approximate surface area is 93.9 Å². The second-order valence-electron chi connectivity index (χ2n) is 3.47. The number of fused-ring (bicyclic) bond motifs is 1. The minimum Gasteiger partial charge on any atom is -0.470 e. The van der Waals surface area contributed by atoms with E-state index in [4.69, 9.17) is 9.47 Å². The highest BCUT2D eigenvalue weighted by atomic mass is 16.6. The van der Waals surface area contributed by atoms with Gasteiger partial charge in [0, 0.05) is 0 Å². The van der Waals surface area contributed by atoms with E-state index in [2.05, 4.69) is 4.99 Å². The molecule has 0 spiro atoms. The minimum absolute atomic E-state index is 0.341. The van der Waals surface area contributed by atoms with Gasteiger partial charge in [0.15, 0.2) is 0 Å². The molecule has 16 heavy (non-hydrogen) atoms. The van der Waals surface area contributed by atoms with Crippen molar-refractivity contribution in [3.05, 3.63) is 24.3 Å². The SMILES string of the molecule is CCOC(=O)C1Oc2ccccc2N=C1C. The van der Waals surface area contributed by atoms with Crippen LogP contribution in [0.4, 0.5) is 5.69 Å². The van der Waals surface area contributed by atoms with Crippen LogP contribution in [0.1, 0.15) is 13.8 Å². The Kier molecular flexibility index (Phi) is 2.90. The normalized spacial score (nSPS) is 18.1. The average Bonchev–Trinajstić information content (AvgIpc) is 2.28. The summed E-state index contributed by atoms with van der Waals surface area (Å²) in [4.78, 5) is 15.9. The van der Waals surface area contributed by atoms with Crippen molar-refractivity contribution in [3.8, 4) is 5.75 Å². The fraction of sp³-hybridized carbons (Fsp3) is 0.333. The molecule has 0 aromatic heterocycles. The Hall–Kier alpha value is -1.84. The van der Waals surface area contributed by atoms with E-state index in [9.17, 15) is 4.79 Å². The first-order valence-electron chi connectivity index (χ1n) is 5.20. The van der Waals surface area contributed by atoms with Crippen LogP contribution in [-0.2, 0) is 9.53 Å². The summed E-state index contributed by atoms with van der Waals surface area (Å²) < 4.78 is 10.5. The van der Waals surface area contributed by atoms with Crippen LogP contribution in [0.2, 0.25) is 0 Å². The van der Waals surface area contributed by atoms with Gasteiger partial charge in [-0.1, -0.05) is 12.1 Å². The molecule has 1 aromatic carbocycles. The van der Waals surface area contributed by atoms with Gasteiger partial charge in [0.1, 0.15) is 11.4 Å². The molecule has 1 heterocycles. The quantitative estimate of drug-likeness (QED) is 0.716. The standard InChI is InChI=1S/C12H13NO3/c1-3-15-12(14)11-8(2)13-9-6-4-5-7-10(9)16-11/h4-7,11H,3H2,1-2H3. The second kappa shape index (κ2) is 4.35. The third-order valence-electron chi connectivity index (χ3n) is 2.29. The molecule has 0 saturated heterocycles. The maximum atomic E-state index is 11.6. The zero-order valence-electron chi connectivity index (χ0n) is 9.27. The van der Waals surface area contributed by atoms with Crippen LogP contribution in [0.5, 0.6) is 5.75 Å². The number of carbonyl (C=O) groups is 1. The van der Waals surface area contributed by atoms with Crippen LogP contribution in [-0.4, -0.2) is 24.4 Å². The van der Waals surface area contributed by atoms with Gasteiger partial charge in [-0.15, -0.1) is 0 Å². The van der Waals surface area contributed by atoms with Crippen molar-refractivity contribution in [2.75, 3.05) is 6.61 Å². The van der Waals surface area contributed by atoms with E-state index >= 15 is 0 Å². The molecule has 0 saturated carbocycles. The number of hydrogen-bond donors (Lipinski definition) is 0. The van der Waals surface area contributed by atoms with E-state index in [1.54, 1.807) is 19.9 Å². The number of esters is 1. The molecule has 0 aliphatic carbocycles. The number of carbonyl (C=O) groups excluding carboxylic acids is 1. The molecule has 0 bridgehead atoms. The topological polar surface area (TPSA) is 47.9 Å². The highest BCUT2D eigenvalue weighted by molar-refractivity contribution is 6.06. The molecular formula is C12H13NO3. The molecule has 84 valence electrons. The van der Waals surface area contributed by atoms with E-state index in [0.717, 1.165) is 5.69 Å². The van der Waals surface area contributed by atoms with Gasteiger partial charge in [-0.3, -0.25) is 0 Å². The van der Waals surface area contributed by atoms with Crippen LogP contribution < -0.4 is 4.74 Å². The molecule has 1 unspecified atom stereocenters. The Morgan fingerprint density at radius 1 is 1.50 bits per heavy atom. The smallest absolute Gasteiger partial charge is 0.353 e. The molecule has 4 heteroatoms. The molecular weight excluding hydrogens is 206 g/mol. The summed E-state index contributed by atoms with van der Waals surface area (Å²) in [6.07, 6.45) is -0.713. The number of para-hydroxylation sites is 2. The first kappa shape index (κ1) is 10.7. The molecule has 1 aliphatic rings. The fourth-order valence-corrected chi connectivity index (χ4v) is 1.55. The lowest BCUT2D eigenvalue weighted by atomic mass is 10.2. The van der Waals surface area contributed by atoms with Gasteiger partial charge in [0.05, 0.1) is 12.3 Å². The lowest BCUT2D eigenvalue weighted by Gasteiger charge is -2.22. The number of aliphatic imine (C=N–C) groups is 1. The summed E-state index contributed by atoms with van der Waals surface area (Å²) in [6.45, 7) is 3.87. The second-order valence-corrected chi connectivity index (χ2v) is 3.47. The predicted octanol–water partition coefficient (Wildman–Crippen LogP) is 2.10. The minimum atomic E-state index is -0.713. The van der Waals surface area contributed by atoms with Gasteiger partial charge in [-0.05, 0) is 26.0 Å². The maximum Gasteiger partial charge on any atom is 0.353 e. The number of ether oxygens (including phenoxy) is 2. The van der Waals surface area contributed by atoms with Gasteiger partial charge < -0.3 is 9.47 Å². The van der Waals surface area contributed by atoms with E-state index in [1.165, 1.54) is 0 Å². The summed E-state index contributed by atoms with van der Waals surface area (Å²) >= 11 is 0. The Bertz CT molecular complexity index is 440. The molecule has 0 radical (unpaired) electrons. The van der Waals surface area contributed by atoms with Crippen LogP contribution in [0.3, 0.4) is 0 Å². The van der Waals surface area contributed by atoms with Crippen molar-refractivity contribution in [2.24, 2.45) is 4.99 Å².